The smallest absolute Gasteiger partial charge is 0.407 e. The lowest BCUT2D eigenvalue weighted by molar-refractivity contribution is -0.138. The minimum absolute atomic E-state index is 0.0267. The van der Waals surface area contributed by atoms with Crippen LogP contribution in [0, 0.1) is 17.8 Å². The van der Waals surface area contributed by atoms with Crippen LogP contribution in [0.5, 0.6) is 0 Å². The molecule has 0 aliphatic carbocycles. The van der Waals surface area contributed by atoms with Crippen LogP contribution in [0.2, 0.25) is 0 Å². The topological polar surface area (TPSA) is 165 Å². The number of aromatic nitrogens is 4. The molecule has 3 aromatic carbocycles. The minimum Gasteiger partial charge on any atom is -0.453 e. The zero-order valence-corrected chi connectivity index (χ0v) is 35.5. The van der Waals surface area contributed by atoms with Gasteiger partial charge in [-0.25, -0.2) is 14.8 Å². The van der Waals surface area contributed by atoms with E-state index in [4.69, 9.17) is 9.72 Å². The summed E-state index contributed by atoms with van der Waals surface area (Å²) >= 11 is 0. The summed E-state index contributed by atoms with van der Waals surface area (Å²) in [7, 11) is 1.29. The summed E-state index contributed by atoms with van der Waals surface area (Å²) in [6, 6.07) is 19.6. The number of H-pyrrole nitrogens is 2. The van der Waals surface area contributed by atoms with Crippen LogP contribution in [0.1, 0.15) is 85.4 Å². The second kappa shape index (κ2) is 18.7. The molecule has 0 saturated carbocycles. The summed E-state index contributed by atoms with van der Waals surface area (Å²) in [5.74, 6) is 1.11. The van der Waals surface area contributed by atoms with Crippen molar-refractivity contribution in [2.24, 2.45) is 17.8 Å². The van der Waals surface area contributed by atoms with E-state index in [9.17, 15) is 19.2 Å². The number of hydrogen-bond donors (Lipinski definition) is 4. The number of imidazole rings is 2. The summed E-state index contributed by atoms with van der Waals surface area (Å²) < 4.78 is 4.77. The second-order valence-electron chi connectivity index (χ2n) is 16.6. The molecule has 4 N–H and O–H groups in total. The minimum atomic E-state index is -0.718. The molecule has 3 atom stereocenters. The standard InChI is InChI=1S/C46H58N8O5/c1-9-40(55)51-42(29(6)7)45(57)54-20-10-11-38(54)43-48-24-37(50-43)35-19-18-33-21-32(16-17-34(33)22-35)30-12-14-31(15-13-30)36-23-47-39(49-36)26-53(25-27(2)3)44(56)41(28(4)5)52-46(58)59-8/h12-19,21-24,27-29,38,41-42H,9-11,20,25-26H2,1-8H3,(H,47,49)(H,48,50)(H,51,55)(H,52,58)/t38-,41-,42?/m0/s1. The Morgan fingerprint density at radius 1 is 0.797 bits per heavy atom. The molecule has 4 amide bonds. The van der Waals surface area contributed by atoms with Crippen LogP contribution in [0.3, 0.4) is 0 Å². The second-order valence-corrected chi connectivity index (χ2v) is 16.6. The highest BCUT2D eigenvalue weighted by molar-refractivity contribution is 5.91. The number of aromatic amines is 2. The first-order chi connectivity index (χ1) is 28.3. The van der Waals surface area contributed by atoms with Gasteiger partial charge in [-0.15, -0.1) is 0 Å². The number of nitrogens with one attached hydrogen (secondary N) is 4. The highest BCUT2D eigenvalue weighted by atomic mass is 16.5. The van der Waals surface area contributed by atoms with Crippen molar-refractivity contribution < 1.29 is 23.9 Å². The van der Waals surface area contributed by atoms with Gasteiger partial charge in [0.15, 0.2) is 0 Å². The van der Waals surface area contributed by atoms with Crippen molar-refractivity contribution in [1.82, 2.24) is 40.4 Å². The molecule has 1 aliphatic rings. The van der Waals surface area contributed by atoms with Crippen LogP contribution >= 0.6 is 0 Å². The van der Waals surface area contributed by atoms with Crippen molar-refractivity contribution >= 4 is 34.6 Å². The number of amides is 4. The fourth-order valence-corrected chi connectivity index (χ4v) is 7.71. The van der Waals surface area contributed by atoms with Gasteiger partial charge in [-0.2, -0.15) is 0 Å². The van der Waals surface area contributed by atoms with Crippen LogP contribution in [0.25, 0.3) is 44.4 Å². The summed E-state index contributed by atoms with van der Waals surface area (Å²) in [6.45, 7) is 15.0. The molecule has 1 saturated heterocycles. The number of ether oxygens (including phenoxy) is 1. The molecule has 1 aliphatic heterocycles. The van der Waals surface area contributed by atoms with Crippen LogP contribution in [-0.4, -0.2) is 85.8 Å². The zero-order valence-electron chi connectivity index (χ0n) is 35.5. The summed E-state index contributed by atoms with van der Waals surface area (Å²) in [5.41, 5.74) is 5.88. The van der Waals surface area contributed by atoms with Crippen molar-refractivity contribution in [3.05, 3.63) is 84.7 Å². The molecule has 1 fully saturated rings. The SMILES string of the molecule is CCC(=O)NC(C(=O)N1CCC[C@H]1c1ncc(-c2ccc3cc(-c4ccc(-c5cnc(CN(CC(C)C)C(=O)[C@@H](NC(=O)OC)C(C)C)[nH]5)cc4)ccc3c2)[nH]1)C(C)C. The van der Waals surface area contributed by atoms with Gasteiger partial charge in [0, 0.05) is 25.1 Å². The van der Waals surface area contributed by atoms with Gasteiger partial charge in [-0.1, -0.05) is 97.0 Å². The molecule has 3 heterocycles. The van der Waals surface area contributed by atoms with E-state index < -0.39 is 18.2 Å². The lowest BCUT2D eigenvalue weighted by Gasteiger charge is -2.30. The molecule has 0 radical (unpaired) electrons. The van der Waals surface area contributed by atoms with E-state index in [1.54, 1.807) is 18.0 Å². The first-order valence-corrected chi connectivity index (χ1v) is 20.7. The number of carbonyl (C=O) groups is 4. The van der Waals surface area contributed by atoms with E-state index in [0.717, 1.165) is 63.1 Å². The maximum Gasteiger partial charge on any atom is 0.407 e. The van der Waals surface area contributed by atoms with E-state index in [0.29, 0.717) is 25.3 Å². The number of nitrogens with zero attached hydrogens (tertiary/aromatic N) is 4. The summed E-state index contributed by atoms with van der Waals surface area (Å²) in [5, 5.41) is 7.82. The molecule has 312 valence electrons. The van der Waals surface area contributed by atoms with Gasteiger partial charge in [0.25, 0.3) is 0 Å². The lowest BCUT2D eigenvalue weighted by Crippen LogP contribution is -2.51. The van der Waals surface area contributed by atoms with Crippen molar-refractivity contribution in [1.29, 1.82) is 0 Å². The highest BCUT2D eigenvalue weighted by Gasteiger charge is 2.37. The molecule has 13 nitrogen and oxygen atoms in total. The predicted octanol–water partition coefficient (Wildman–Crippen LogP) is 7.87. The average Bonchev–Trinajstić information content (AvgIpc) is 4.02. The first kappa shape index (κ1) is 42.6. The molecule has 5 aromatic rings. The molecule has 1 unspecified atom stereocenters. The van der Waals surface area contributed by atoms with Gasteiger partial charge in [0.1, 0.15) is 23.7 Å². The Kier molecular flexibility index (Phi) is 13.5. The Balaban J connectivity index is 1.13. The van der Waals surface area contributed by atoms with E-state index in [1.165, 1.54) is 7.11 Å². The number of methoxy groups -OCH3 is 1. The Bertz CT molecular complexity index is 2260. The van der Waals surface area contributed by atoms with Gasteiger partial charge in [0.2, 0.25) is 17.7 Å². The molecular formula is C46H58N8O5. The van der Waals surface area contributed by atoms with Crippen molar-refractivity contribution in [3.63, 3.8) is 0 Å². The van der Waals surface area contributed by atoms with Crippen molar-refractivity contribution in [2.45, 2.75) is 92.4 Å². The molecule has 2 aromatic heterocycles. The molecule has 13 heteroatoms. The first-order valence-electron chi connectivity index (χ1n) is 20.7. The van der Waals surface area contributed by atoms with Crippen molar-refractivity contribution in [2.75, 3.05) is 20.2 Å². The quantitative estimate of drug-likeness (QED) is 0.0837. The normalized spacial score (nSPS) is 15.2. The van der Waals surface area contributed by atoms with Crippen LogP contribution < -0.4 is 10.6 Å². The Morgan fingerprint density at radius 2 is 1.41 bits per heavy atom. The van der Waals surface area contributed by atoms with Gasteiger partial charge in [-0.05, 0) is 70.2 Å². The van der Waals surface area contributed by atoms with Crippen LogP contribution in [-0.2, 0) is 25.7 Å². The molecule has 0 bridgehead atoms. The number of hydrogen-bond acceptors (Lipinski definition) is 7. The number of carbonyl (C=O) groups excluding carboxylic acids is 4. The van der Waals surface area contributed by atoms with E-state index in [2.05, 4.69) is 100 Å². The molecule has 59 heavy (non-hydrogen) atoms. The molecule has 6 rings (SSSR count). The monoisotopic (exact) mass is 802 g/mol. The third-order valence-electron chi connectivity index (χ3n) is 11.0. The van der Waals surface area contributed by atoms with Crippen LogP contribution in [0.4, 0.5) is 4.79 Å². The predicted molar refractivity (Wildman–Crippen MR) is 230 cm³/mol. The molecular weight excluding hydrogens is 745 g/mol. The Labute approximate surface area is 346 Å². The highest BCUT2D eigenvalue weighted by Crippen LogP contribution is 2.34. The average molecular weight is 803 g/mol. The van der Waals surface area contributed by atoms with Gasteiger partial charge >= 0.3 is 6.09 Å². The summed E-state index contributed by atoms with van der Waals surface area (Å²) in [6.07, 6.45) is 5.01. The fraction of sp³-hybridized carbons (Fsp3) is 0.435. The Hall–Kier alpha value is -5.98. The van der Waals surface area contributed by atoms with Gasteiger partial charge < -0.3 is 35.1 Å². The number of likely N-dealkylation sites (tertiary alicyclic amines) is 1. The summed E-state index contributed by atoms with van der Waals surface area (Å²) in [4.78, 5) is 71.3. The third-order valence-corrected chi connectivity index (χ3v) is 11.0. The maximum atomic E-state index is 13.6. The number of fused-ring (bicyclic) bond motifs is 1. The third kappa shape index (κ3) is 10.0. The number of benzene rings is 3. The van der Waals surface area contributed by atoms with E-state index in [-0.39, 0.29) is 48.1 Å². The van der Waals surface area contributed by atoms with Gasteiger partial charge in [-0.3, -0.25) is 14.4 Å². The Morgan fingerprint density at radius 3 is 2.05 bits per heavy atom. The lowest BCUT2D eigenvalue weighted by atomic mass is 9.98. The molecule has 0 spiro atoms. The number of alkyl carbamates (subject to hydrolysis) is 1. The number of rotatable bonds is 15. The van der Waals surface area contributed by atoms with E-state index >= 15 is 0 Å². The largest absolute Gasteiger partial charge is 0.453 e. The van der Waals surface area contributed by atoms with E-state index in [1.807, 2.05) is 38.8 Å². The van der Waals surface area contributed by atoms with Gasteiger partial charge in [0.05, 0.1) is 43.5 Å². The zero-order chi connectivity index (χ0) is 42.4. The fourth-order valence-electron chi connectivity index (χ4n) is 7.71. The van der Waals surface area contributed by atoms with Crippen LogP contribution in [0.15, 0.2) is 73.1 Å². The maximum absolute atomic E-state index is 13.6. The van der Waals surface area contributed by atoms with Crippen molar-refractivity contribution in [3.8, 4) is 33.6 Å².